The number of aliphatic hydroxyl groups is 1. The fourth-order valence-corrected chi connectivity index (χ4v) is 1.43. The van der Waals surface area contributed by atoms with Crippen molar-refractivity contribution in [2.75, 3.05) is 33.8 Å². The number of hydrogen-bond donors (Lipinski definition) is 2. The van der Waals surface area contributed by atoms with Gasteiger partial charge in [0.25, 0.3) is 0 Å². The van der Waals surface area contributed by atoms with E-state index in [4.69, 9.17) is 14.9 Å². The van der Waals surface area contributed by atoms with Gasteiger partial charge in [-0.2, -0.15) is 0 Å². The summed E-state index contributed by atoms with van der Waals surface area (Å²) >= 11 is 0. The molecular formula is C19H34N2O5. The van der Waals surface area contributed by atoms with Crippen molar-refractivity contribution in [2.45, 2.75) is 40.2 Å². The molecule has 7 heteroatoms. The number of carbonyl (C=O) groups is 2. The van der Waals surface area contributed by atoms with Gasteiger partial charge in [-0.25, -0.2) is 4.79 Å². The number of ether oxygens (including phenoxy) is 1. The van der Waals surface area contributed by atoms with Crippen molar-refractivity contribution < 1.29 is 24.5 Å². The molecule has 1 rings (SSSR count). The highest BCUT2D eigenvalue weighted by Crippen LogP contribution is 2.09. The van der Waals surface area contributed by atoms with Gasteiger partial charge in [0.1, 0.15) is 17.9 Å². The smallest absolute Gasteiger partial charge is 0.410 e. The van der Waals surface area contributed by atoms with E-state index in [1.54, 1.807) is 52.1 Å². The molecule has 2 amide bonds. The zero-order valence-electron chi connectivity index (χ0n) is 17.0. The second-order valence-corrected chi connectivity index (χ2v) is 6.21. The summed E-state index contributed by atoms with van der Waals surface area (Å²) in [7, 11) is 3.07. The van der Waals surface area contributed by atoms with Crippen molar-refractivity contribution in [1.82, 2.24) is 9.80 Å². The number of para-hydroxylation sites is 1. The Balaban J connectivity index is 0. The van der Waals surface area contributed by atoms with Crippen molar-refractivity contribution in [1.29, 1.82) is 0 Å². The summed E-state index contributed by atoms with van der Waals surface area (Å²) in [4.78, 5) is 25.7. The number of aliphatic hydroxyl groups excluding tert-OH is 1. The monoisotopic (exact) mass is 370 g/mol. The van der Waals surface area contributed by atoms with Crippen molar-refractivity contribution >= 4 is 12.0 Å². The standard InChI is InChI=1S/C11H22N2O4.C6H6O.C2H6/c1-11(2,3)17-10(16)13(5)8-9(15)12(4)6-7-14;7-6-4-2-1-3-5-6;1-2/h14H,6-8H2,1-5H3;1-5,7H;1-2H3. The summed E-state index contributed by atoms with van der Waals surface area (Å²) in [5, 5.41) is 17.3. The molecule has 0 aliphatic carbocycles. The number of amides is 2. The summed E-state index contributed by atoms with van der Waals surface area (Å²) in [6, 6.07) is 8.71. The van der Waals surface area contributed by atoms with E-state index in [1.165, 1.54) is 16.8 Å². The average molecular weight is 370 g/mol. The number of phenolic OH excluding ortho intramolecular Hbond substituents is 1. The molecule has 0 spiro atoms. The minimum Gasteiger partial charge on any atom is -0.508 e. The average Bonchev–Trinajstić information content (AvgIpc) is 2.56. The van der Waals surface area contributed by atoms with Crippen molar-refractivity contribution in [3.63, 3.8) is 0 Å². The molecule has 0 radical (unpaired) electrons. The van der Waals surface area contributed by atoms with Crippen LogP contribution in [0.3, 0.4) is 0 Å². The molecule has 2 N–H and O–H groups in total. The van der Waals surface area contributed by atoms with Gasteiger partial charge in [-0.15, -0.1) is 0 Å². The van der Waals surface area contributed by atoms with Gasteiger partial charge in [-0.05, 0) is 32.9 Å². The zero-order valence-corrected chi connectivity index (χ0v) is 17.0. The second-order valence-electron chi connectivity index (χ2n) is 6.21. The topological polar surface area (TPSA) is 90.3 Å². The van der Waals surface area contributed by atoms with E-state index in [1.807, 2.05) is 19.9 Å². The third-order valence-electron chi connectivity index (χ3n) is 2.69. The van der Waals surface area contributed by atoms with Crippen LogP contribution in [0, 0.1) is 0 Å². The van der Waals surface area contributed by atoms with Crippen LogP contribution in [-0.2, 0) is 9.53 Å². The number of carbonyl (C=O) groups excluding carboxylic acids is 2. The lowest BCUT2D eigenvalue weighted by Crippen LogP contribution is -2.42. The van der Waals surface area contributed by atoms with Gasteiger partial charge >= 0.3 is 6.09 Å². The number of aromatic hydroxyl groups is 1. The number of phenols is 1. The van der Waals surface area contributed by atoms with E-state index in [9.17, 15) is 9.59 Å². The molecule has 0 aliphatic rings. The molecule has 0 bridgehead atoms. The summed E-state index contributed by atoms with van der Waals surface area (Å²) in [5.41, 5.74) is -0.578. The second kappa shape index (κ2) is 13.9. The molecule has 0 atom stereocenters. The third-order valence-corrected chi connectivity index (χ3v) is 2.69. The van der Waals surface area contributed by atoms with Crippen LogP contribution in [0.5, 0.6) is 5.75 Å². The van der Waals surface area contributed by atoms with E-state index in [-0.39, 0.29) is 25.6 Å². The molecule has 0 unspecified atom stereocenters. The number of rotatable bonds is 4. The van der Waals surface area contributed by atoms with Crippen molar-refractivity contribution in [3.8, 4) is 5.75 Å². The Kier molecular flexibility index (Phi) is 13.9. The van der Waals surface area contributed by atoms with Gasteiger partial charge < -0.3 is 24.7 Å². The van der Waals surface area contributed by atoms with Gasteiger partial charge in [0.05, 0.1) is 6.61 Å². The van der Waals surface area contributed by atoms with Gasteiger partial charge in [0.2, 0.25) is 5.91 Å². The van der Waals surface area contributed by atoms with E-state index in [2.05, 4.69) is 0 Å². The maximum absolute atomic E-state index is 11.6. The number of benzene rings is 1. The summed E-state index contributed by atoms with van der Waals surface area (Å²) < 4.78 is 5.11. The Morgan fingerprint density at radius 3 is 1.88 bits per heavy atom. The van der Waals surface area contributed by atoms with Crippen molar-refractivity contribution in [2.24, 2.45) is 0 Å². The summed E-state index contributed by atoms with van der Waals surface area (Å²) in [5.74, 6) is 0.0786. The fraction of sp³-hybridized carbons (Fsp3) is 0.579. The van der Waals surface area contributed by atoms with Crippen LogP contribution in [0.1, 0.15) is 34.6 Å². The molecule has 7 nitrogen and oxygen atoms in total. The highest BCUT2D eigenvalue weighted by Gasteiger charge is 2.21. The molecule has 26 heavy (non-hydrogen) atoms. The van der Waals surface area contributed by atoms with E-state index in [0.29, 0.717) is 5.75 Å². The first-order valence-corrected chi connectivity index (χ1v) is 8.59. The van der Waals surface area contributed by atoms with Crippen LogP contribution in [-0.4, -0.2) is 71.4 Å². The quantitative estimate of drug-likeness (QED) is 0.850. The zero-order chi connectivity index (χ0) is 20.8. The van der Waals surface area contributed by atoms with Crippen LogP contribution in [0.25, 0.3) is 0 Å². The lowest BCUT2D eigenvalue weighted by atomic mass is 10.2. The van der Waals surface area contributed by atoms with Gasteiger partial charge in [-0.1, -0.05) is 32.0 Å². The number of nitrogens with zero attached hydrogens (tertiary/aromatic N) is 2. The molecule has 0 saturated heterocycles. The molecule has 0 aliphatic heterocycles. The summed E-state index contributed by atoms with van der Waals surface area (Å²) in [6.45, 7) is 9.38. The normalized spacial score (nSPS) is 9.69. The Morgan fingerprint density at radius 1 is 1.04 bits per heavy atom. The first-order chi connectivity index (χ1) is 12.1. The van der Waals surface area contributed by atoms with Crippen LogP contribution >= 0.6 is 0 Å². The Bertz CT molecular complexity index is 500. The predicted octanol–water partition coefficient (Wildman–Crippen LogP) is 2.72. The number of likely N-dealkylation sites (N-methyl/N-ethyl adjacent to an activating group) is 2. The molecule has 0 heterocycles. The highest BCUT2D eigenvalue weighted by molar-refractivity contribution is 5.82. The lowest BCUT2D eigenvalue weighted by Gasteiger charge is -2.25. The fourth-order valence-electron chi connectivity index (χ4n) is 1.43. The molecule has 1 aromatic carbocycles. The van der Waals surface area contributed by atoms with E-state index < -0.39 is 11.7 Å². The van der Waals surface area contributed by atoms with Crippen LogP contribution in [0.2, 0.25) is 0 Å². The summed E-state index contributed by atoms with van der Waals surface area (Å²) in [6.07, 6.45) is -0.539. The molecule has 150 valence electrons. The predicted molar refractivity (Wildman–Crippen MR) is 103 cm³/mol. The van der Waals surface area contributed by atoms with E-state index >= 15 is 0 Å². The minimum absolute atomic E-state index is 0.0641. The number of hydrogen-bond acceptors (Lipinski definition) is 5. The molecule has 0 aromatic heterocycles. The highest BCUT2D eigenvalue weighted by atomic mass is 16.6. The SMILES string of the molecule is CC.CN(CCO)C(=O)CN(C)C(=O)OC(C)(C)C.Oc1ccccc1. The lowest BCUT2D eigenvalue weighted by molar-refractivity contribution is -0.131. The van der Waals surface area contributed by atoms with Gasteiger partial charge in [0.15, 0.2) is 0 Å². The first-order valence-electron chi connectivity index (χ1n) is 8.59. The minimum atomic E-state index is -0.578. The van der Waals surface area contributed by atoms with Gasteiger partial charge in [-0.3, -0.25) is 4.79 Å². The van der Waals surface area contributed by atoms with Crippen LogP contribution in [0.4, 0.5) is 4.79 Å². The van der Waals surface area contributed by atoms with Crippen LogP contribution < -0.4 is 0 Å². The molecule has 1 aromatic rings. The maximum Gasteiger partial charge on any atom is 0.410 e. The maximum atomic E-state index is 11.6. The first kappa shape index (κ1) is 26.0. The molecular weight excluding hydrogens is 336 g/mol. The largest absolute Gasteiger partial charge is 0.508 e. The van der Waals surface area contributed by atoms with Crippen LogP contribution in [0.15, 0.2) is 30.3 Å². The Labute approximate surface area is 157 Å². The Morgan fingerprint density at radius 2 is 1.54 bits per heavy atom. The van der Waals surface area contributed by atoms with Crippen molar-refractivity contribution in [3.05, 3.63) is 30.3 Å². The molecule has 0 saturated carbocycles. The molecule has 0 fully saturated rings. The third kappa shape index (κ3) is 14.1. The Hall–Kier alpha value is -2.28. The van der Waals surface area contributed by atoms with E-state index in [0.717, 1.165) is 0 Å². The van der Waals surface area contributed by atoms with Gasteiger partial charge in [0, 0.05) is 20.6 Å².